The lowest BCUT2D eigenvalue weighted by Crippen LogP contribution is -2.23. The van der Waals surface area contributed by atoms with Crippen LogP contribution < -0.4 is 5.32 Å². The Balaban J connectivity index is 2.40. The first-order chi connectivity index (χ1) is 7.09. The summed E-state index contributed by atoms with van der Waals surface area (Å²) in [6, 6.07) is 1.75. The highest BCUT2D eigenvalue weighted by atomic mass is 127. The number of rotatable bonds is 4. The number of carbonyl (C=O) groups is 2. The molecule has 0 unspecified atom stereocenters. The van der Waals surface area contributed by atoms with Gasteiger partial charge in [-0.1, -0.05) is 6.08 Å². The van der Waals surface area contributed by atoms with Gasteiger partial charge in [0.15, 0.2) is 5.78 Å². The third-order valence-corrected chi connectivity index (χ3v) is 2.25. The molecule has 0 atom stereocenters. The quantitative estimate of drug-likeness (QED) is 0.653. The van der Waals surface area contributed by atoms with Crippen LogP contribution in [-0.2, 0) is 4.79 Å². The first-order valence-electron chi connectivity index (χ1n) is 4.39. The summed E-state index contributed by atoms with van der Waals surface area (Å²) in [6.45, 7) is 1.82. The zero-order valence-electron chi connectivity index (χ0n) is 8.21. The van der Waals surface area contributed by atoms with Crippen LogP contribution in [0.3, 0.4) is 0 Å². The Bertz CT molecular complexity index is 396. The molecule has 0 aliphatic heterocycles. The molecule has 0 saturated heterocycles. The van der Waals surface area contributed by atoms with Crippen LogP contribution in [0.15, 0.2) is 24.4 Å². The Labute approximate surface area is 101 Å². The van der Waals surface area contributed by atoms with Crippen LogP contribution in [0.2, 0.25) is 0 Å². The van der Waals surface area contributed by atoms with E-state index in [1.807, 2.05) is 0 Å². The SMILES string of the molecule is CC(=O)/C=C/CNC(=O)c1cc(I)c[nH]1. The summed E-state index contributed by atoms with van der Waals surface area (Å²) in [6.07, 6.45) is 4.80. The molecule has 0 fully saturated rings. The summed E-state index contributed by atoms with van der Waals surface area (Å²) in [5.74, 6) is -0.204. The molecule has 1 aromatic heterocycles. The number of hydrogen-bond acceptors (Lipinski definition) is 2. The maximum Gasteiger partial charge on any atom is 0.267 e. The van der Waals surface area contributed by atoms with Crippen LogP contribution in [-0.4, -0.2) is 23.2 Å². The number of allylic oxidation sites excluding steroid dienone is 1. The minimum Gasteiger partial charge on any atom is -0.356 e. The van der Waals surface area contributed by atoms with E-state index in [0.29, 0.717) is 12.2 Å². The van der Waals surface area contributed by atoms with E-state index >= 15 is 0 Å². The van der Waals surface area contributed by atoms with E-state index in [1.54, 1.807) is 18.3 Å². The van der Waals surface area contributed by atoms with Gasteiger partial charge in [0.25, 0.3) is 5.91 Å². The number of halogens is 1. The second-order valence-corrected chi connectivity index (χ2v) is 4.20. The summed E-state index contributed by atoms with van der Waals surface area (Å²) in [5.41, 5.74) is 0.524. The van der Waals surface area contributed by atoms with E-state index in [9.17, 15) is 9.59 Å². The second kappa shape index (κ2) is 5.69. The minimum atomic E-state index is -0.175. The first kappa shape index (κ1) is 12.0. The van der Waals surface area contributed by atoms with Crippen molar-refractivity contribution in [3.05, 3.63) is 33.7 Å². The van der Waals surface area contributed by atoms with Gasteiger partial charge in [0.2, 0.25) is 0 Å². The Morgan fingerprint density at radius 2 is 2.33 bits per heavy atom. The standard InChI is InChI=1S/C10H11IN2O2/c1-7(14)3-2-4-12-10(15)9-5-8(11)6-13-9/h2-3,5-6,13H,4H2,1H3,(H,12,15)/b3-2+. The van der Waals surface area contributed by atoms with Gasteiger partial charge in [0.1, 0.15) is 5.69 Å². The predicted octanol–water partition coefficient (Wildman–Crippen LogP) is 1.49. The first-order valence-corrected chi connectivity index (χ1v) is 5.46. The molecular formula is C10H11IN2O2. The van der Waals surface area contributed by atoms with E-state index in [-0.39, 0.29) is 11.7 Å². The fraction of sp³-hybridized carbons (Fsp3) is 0.200. The number of nitrogens with one attached hydrogen (secondary N) is 2. The largest absolute Gasteiger partial charge is 0.356 e. The predicted molar refractivity (Wildman–Crippen MR) is 65.7 cm³/mol. The lowest BCUT2D eigenvalue weighted by Gasteiger charge is -1.98. The van der Waals surface area contributed by atoms with Crippen LogP contribution in [0.5, 0.6) is 0 Å². The Hall–Kier alpha value is -1.11. The maximum absolute atomic E-state index is 11.4. The molecule has 0 spiro atoms. The molecule has 1 heterocycles. The van der Waals surface area contributed by atoms with Gasteiger partial charge < -0.3 is 10.3 Å². The average Bonchev–Trinajstić information content (AvgIpc) is 2.59. The molecule has 1 rings (SSSR count). The highest BCUT2D eigenvalue weighted by Gasteiger charge is 2.05. The van der Waals surface area contributed by atoms with Crippen LogP contribution >= 0.6 is 22.6 Å². The Morgan fingerprint density at radius 1 is 1.60 bits per heavy atom. The van der Waals surface area contributed by atoms with Gasteiger partial charge >= 0.3 is 0 Å². The van der Waals surface area contributed by atoms with Crippen molar-refractivity contribution in [1.29, 1.82) is 0 Å². The highest BCUT2D eigenvalue weighted by Crippen LogP contribution is 2.05. The smallest absolute Gasteiger partial charge is 0.267 e. The van der Waals surface area contributed by atoms with E-state index in [1.165, 1.54) is 13.0 Å². The van der Waals surface area contributed by atoms with Gasteiger partial charge in [-0.25, -0.2) is 0 Å². The fourth-order valence-corrected chi connectivity index (χ4v) is 1.44. The van der Waals surface area contributed by atoms with Crippen molar-refractivity contribution in [3.8, 4) is 0 Å². The van der Waals surface area contributed by atoms with Crippen LogP contribution in [0.1, 0.15) is 17.4 Å². The third-order valence-electron chi connectivity index (χ3n) is 1.63. The minimum absolute atomic E-state index is 0.0290. The lowest BCUT2D eigenvalue weighted by molar-refractivity contribution is -0.112. The molecular weight excluding hydrogens is 307 g/mol. The van der Waals surface area contributed by atoms with Crippen molar-refractivity contribution < 1.29 is 9.59 Å². The van der Waals surface area contributed by atoms with Crippen molar-refractivity contribution in [1.82, 2.24) is 10.3 Å². The average molecular weight is 318 g/mol. The molecule has 0 saturated carbocycles. The van der Waals surface area contributed by atoms with Crippen LogP contribution in [0.4, 0.5) is 0 Å². The molecule has 1 aromatic rings. The van der Waals surface area contributed by atoms with Gasteiger partial charge in [0, 0.05) is 16.3 Å². The molecule has 0 aromatic carbocycles. The number of H-pyrrole nitrogens is 1. The van der Waals surface area contributed by atoms with E-state index < -0.39 is 0 Å². The number of amides is 1. The van der Waals surface area contributed by atoms with Gasteiger partial charge in [-0.2, -0.15) is 0 Å². The molecule has 0 radical (unpaired) electrons. The molecule has 0 aliphatic rings. The van der Waals surface area contributed by atoms with Crippen LogP contribution in [0.25, 0.3) is 0 Å². The monoisotopic (exact) mass is 318 g/mol. The van der Waals surface area contributed by atoms with Gasteiger partial charge in [-0.15, -0.1) is 0 Å². The number of hydrogen-bond donors (Lipinski definition) is 2. The highest BCUT2D eigenvalue weighted by molar-refractivity contribution is 14.1. The number of aromatic amines is 1. The van der Waals surface area contributed by atoms with E-state index in [4.69, 9.17) is 0 Å². The molecule has 4 nitrogen and oxygen atoms in total. The lowest BCUT2D eigenvalue weighted by atomic mass is 10.3. The molecule has 15 heavy (non-hydrogen) atoms. The summed E-state index contributed by atoms with van der Waals surface area (Å²) in [7, 11) is 0. The summed E-state index contributed by atoms with van der Waals surface area (Å²) < 4.78 is 0.983. The van der Waals surface area contributed by atoms with Crippen molar-refractivity contribution >= 4 is 34.3 Å². The zero-order chi connectivity index (χ0) is 11.3. The van der Waals surface area contributed by atoms with E-state index in [0.717, 1.165) is 3.57 Å². The Kier molecular flexibility index (Phi) is 4.54. The van der Waals surface area contributed by atoms with Gasteiger partial charge in [0.05, 0.1) is 0 Å². The zero-order valence-corrected chi connectivity index (χ0v) is 10.4. The third kappa shape index (κ3) is 4.28. The molecule has 80 valence electrons. The van der Waals surface area contributed by atoms with Gasteiger partial charge in [-0.3, -0.25) is 9.59 Å². The molecule has 5 heteroatoms. The number of carbonyl (C=O) groups excluding carboxylic acids is 2. The van der Waals surface area contributed by atoms with Crippen molar-refractivity contribution in [2.75, 3.05) is 6.54 Å². The van der Waals surface area contributed by atoms with Crippen molar-refractivity contribution in [2.45, 2.75) is 6.92 Å². The Morgan fingerprint density at radius 3 is 2.87 bits per heavy atom. The fourth-order valence-electron chi connectivity index (χ4n) is 0.971. The summed E-state index contributed by atoms with van der Waals surface area (Å²) >= 11 is 2.12. The molecule has 0 bridgehead atoms. The topological polar surface area (TPSA) is 62.0 Å². The molecule has 0 aliphatic carbocycles. The maximum atomic E-state index is 11.4. The van der Waals surface area contributed by atoms with Crippen molar-refractivity contribution in [3.63, 3.8) is 0 Å². The second-order valence-electron chi connectivity index (χ2n) is 2.95. The van der Waals surface area contributed by atoms with Crippen molar-refractivity contribution in [2.24, 2.45) is 0 Å². The molecule has 2 N–H and O–H groups in total. The van der Waals surface area contributed by atoms with E-state index in [2.05, 4.69) is 32.9 Å². The van der Waals surface area contributed by atoms with Crippen LogP contribution in [0, 0.1) is 3.57 Å². The number of ketones is 1. The number of aromatic nitrogens is 1. The molecule has 1 amide bonds. The summed E-state index contributed by atoms with van der Waals surface area (Å²) in [5, 5.41) is 2.66. The van der Waals surface area contributed by atoms with Gasteiger partial charge in [-0.05, 0) is 41.7 Å². The normalized spacial score (nSPS) is 10.5. The summed E-state index contributed by atoms with van der Waals surface area (Å²) in [4.78, 5) is 24.8.